The molecule has 0 aliphatic carbocycles. The summed E-state index contributed by atoms with van der Waals surface area (Å²) >= 11 is 3.32. The summed E-state index contributed by atoms with van der Waals surface area (Å²) in [5.41, 5.74) is 0.797. The highest BCUT2D eigenvalue weighted by Crippen LogP contribution is 2.22. The summed E-state index contributed by atoms with van der Waals surface area (Å²) in [5.74, 6) is -0.240. The molecule has 1 aromatic heterocycles. The molecule has 0 N–H and O–H groups in total. The lowest BCUT2D eigenvalue weighted by molar-refractivity contribution is 0.629. The summed E-state index contributed by atoms with van der Waals surface area (Å²) in [6.45, 7) is 0. The lowest BCUT2D eigenvalue weighted by Crippen LogP contribution is -1.80. The van der Waals surface area contributed by atoms with Crippen LogP contribution in [-0.2, 0) is 0 Å². The van der Waals surface area contributed by atoms with E-state index >= 15 is 0 Å². The molecule has 0 unspecified atom stereocenters. The maximum absolute atomic E-state index is 12.8. The Balaban J connectivity index is 2.88. The fraction of sp³-hybridized carbons (Fsp3) is 0. The molecule has 0 aliphatic rings. The minimum absolute atomic E-state index is 0.240. The van der Waals surface area contributed by atoms with Crippen molar-refractivity contribution in [1.29, 1.82) is 0 Å². The van der Waals surface area contributed by atoms with Gasteiger partial charge in [-0.05, 0) is 24.3 Å². The summed E-state index contributed by atoms with van der Waals surface area (Å²) in [7, 11) is 0. The van der Waals surface area contributed by atoms with Crippen LogP contribution < -0.4 is 0 Å². The predicted octanol–water partition coefficient (Wildman–Crippen LogP) is 3.14. The first-order chi connectivity index (χ1) is 5.77. The Bertz CT molecular complexity index is 428. The lowest BCUT2D eigenvalue weighted by Gasteiger charge is -1.98. The van der Waals surface area contributed by atoms with Crippen LogP contribution in [0.2, 0.25) is 0 Å². The molecular weight excluding hydrogens is 221 g/mol. The molecule has 2 aromatic rings. The number of aromatic nitrogens is 1. The molecule has 0 radical (unpaired) electrons. The van der Waals surface area contributed by atoms with Gasteiger partial charge in [0.25, 0.3) is 0 Å². The number of hydrogen-bond acceptors (Lipinski definition) is 1. The van der Waals surface area contributed by atoms with Crippen molar-refractivity contribution in [3.63, 3.8) is 0 Å². The van der Waals surface area contributed by atoms with Gasteiger partial charge in [-0.3, -0.25) is 4.98 Å². The topological polar surface area (TPSA) is 12.9 Å². The molecule has 0 saturated heterocycles. The maximum Gasteiger partial charge on any atom is 0.124 e. The van der Waals surface area contributed by atoms with Gasteiger partial charge in [-0.1, -0.05) is 15.9 Å². The third-order valence-electron chi connectivity index (χ3n) is 1.65. The van der Waals surface area contributed by atoms with Crippen molar-refractivity contribution in [1.82, 2.24) is 4.98 Å². The first-order valence-electron chi connectivity index (χ1n) is 3.47. The zero-order valence-electron chi connectivity index (χ0n) is 6.09. The second-order valence-corrected chi connectivity index (χ2v) is 3.31. The number of pyridine rings is 1. The molecule has 0 aliphatic heterocycles. The van der Waals surface area contributed by atoms with E-state index < -0.39 is 0 Å². The molecule has 0 amide bonds. The minimum atomic E-state index is -0.240. The second kappa shape index (κ2) is 2.83. The van der Waals surface area contributed by atoms with E-state index in [1.807, 2.05) is 0 Å². The van der Waals surface area contributed by atoms with Crippen LogP contribution in [0.3, 0.4) is 0 Å². The van der Waals surface area contributed by atoms with Crippen LogP contribution in [0.1, 0.15) is 0 Å². The molecule has 0 saturated carbocycles. The zero-order chi connectivity index (χ0) is 8.55. The molecular formula is C9H5BrFN. The van der Waals surface area contributed by atoms with E-state index in [1.54, 1.807) is 18.3 Å². The minimum Gasteiger partial charge on any atom is -0.256 e. The molecule has 12 heavy (non-hydrogen) atoms. The highest BCUT2D eigenvalue weighted by molar-refractivity contribution is 9.10. The van der Waals surface area contributed by atoms with Crippen molar-refractivity contribution < 1.29 is 4.39 Å². The Morgan fingerprint density at radius 2 is 2.08 bits per heavy atom. The number of nitrogens with zero attached hydrogens (tertiary/aromatic N) is 1. The maximum atomic E-state index is 12.8. The predicted molar refractivity (Wildman–Crippen MR) is 49.4 cm³/mol. The zero-order valence-corrected chi connectivity index (χ0v) is 7.68. The van der Waals surface area contributed by atoms with Gasteiger partial charge >= 0.3 is 0 Å². The normalized spacial score (nSPS) is 10.5. The standard InChI is InChI=1S/C9H5BrFN/c10-8-3-4-12-9-2-1-6(11)5-7(8)9/h1-5H. The van der Waals surface area contributed by atoms with Gasteiger partial charge in [0, 0.05) is 16.1 Å². The van der Waals surface area contributed by atoms with Gasteiger partial charge < -0.3 is 0 Å². The first kappa shape index (κ1) is 7.68. The van der Waals surface area contributed by atoms with Crippen molar-refractivity contribution in [2.75, 3.05) is 0 Å². The van der Waals surface area contributed by atoms with Crippen LogP contribution in [0.15, 0.2) is 34.9 Å². The summed E-state index contributed by atoms with van der Waals surface area (Å²) in [6.07, 6.45) is 1.68. The van der Waals surface area contributed by atoms with Gasteiger partial charge in [0.05, 0.1) is 5.52 Å². The van der Waals surface area contributed by atoms with E-state index in [0.717, 1.165) is 15.4 Å². The Kier molecular flexibility index (Phi) is 1.81. The highest BCUT2D eigenvalue weighted by atomic mass is 79.9. The molecule has 3 heteroatoms. The van der Waals surface area contributed by atoms with Gasteiger partial charge in [0.15, 0.2) is 0 Å². The summed E-state index contributed by atoms with van der Waals surface area (Å²) in [5, 5.41) is 0.803. The van der Waals surface area contributed by atoms with Crippen molar-refractivity contribution in [3.8, 4) is 0 Å². The molecule has 0 bridgehead atoms. The number of halogens is 2. The van der Waals surface area contributed by atoms with Crippen molar-refractivity contribution in [3.05, 3.63) is 40.8 Å². The number of hydrogen-bond donors (Lipinski definition) is 0. The Hall–Kier alpha value is -0.960. The molecule has 60 valence electrons. The molecule has 0 fully saturated rings. The smallest absolute Gasteiger partial charge is 0.124 e. The monoisotopic (exact) mass is 225 g/mol. The molecule has 1 nitrogen and oxygen atoms in total. The Morgan fingerprint density at radius 1 is 1.25 bits per heavy atom. The summed E-state index contributed by atoms with van der Waals surface area (Å²) in [6, 6.07) is 6.32. The first-order valence-corrected chi connectivity index (χ1v) is 4.26. The molecule has 2 rings (SSSR count). The van der Waals surface area contributed by atoms with Crippen molar-refractivity contribution in [2.24, 2.45) is 0 Å². The van der Waals surface area contributed by atoms with Crippen LogP contribution in [0.4, 0.5) is 4.39 Å². The Labute approximate surface area is 77.4 Å². The largest absolute Gasteiger partial charge is 0.256 e. The van der Waals surface area contributed by atoms with E-state index in [9.17, 15) is 4.39 Å². The summed E-state index contributed by atoms with van der Waals surface area (Å²) < 4.78 is 13.6. The van der Waals surface area contributed by atoms with Crippen molar-refractivity contribution >= 4 is 26.8 Å². The van der Waals surface area contributed by atoms with E-state index in [0.29, 0.717) is 0 Å². The third-order valence-corrected chi connectivity index (χ3v) is 2.34. The van der Waals surface area contributed by atoms with Crippen LogP contribution in [0.5, 0.6) is 0 Å². The molecule has 1 aromatic carbocycles. The van der Waals surface area contributed by atoms with Crippen LogP contribution in [-0.4, -0.2) is 4.98 Å². The summed E-state index contributed by atoms with van der Waals surface area (Å²) in [4.78, 5) is 4.09. The van der Waals surface area contributed by atoms with E-state index in [-0.39, 0.29) is 5.82 Å². The van der Waals surface area contributed by atoms with Crippen LogP contribution in [0, 0.1) is 5.82 Å². The second-order valence-electron chi connectivity index (χ2n) is 2.45. The van der Waals surface area contributed by atoms with Gasteiger partial charge in [-0.15, -0.1) is 0 Å². The highest BCUT2D eigenvalue weighted by Gasteiger charge is 1.99. The van der Waals surface area contributed by atoms with E-state index in [2.05, 4.69) is 20.9 Å². The number of benzene rings is 1. The lowest BCUT2D eigenvalue weighted by atomic mass is 10.2. The molecule has 0 spiro atoms. The average molecular weight is 226 g/mol. The van der Waals surface area contributed by atoms with Gasteiger partial charge in [-0.2, -0.15) is 0 Å². The number of fused-ring (bicyclic) bond motifs is 1. The average Bonchev–Trinajstić information content (AvgIpc) is 2.07. The fourth-order valence-electron chi connectivity index (χ4n) is 1.08. The van der Waals surface area contributed by atoms with E-state index in [1.165, 1.54) is 12.1 Å². The molecule has 0 atom stereocenters. The Morgan fingerprint density at radius 3 is 2.92 bits per heavy atom. The van der Waals surface area contributed by atoms with Crippen LogP contribution >= 0.6 is 15.9 Å². The quantitative estimate of drug-likeness (QED) is 0.672. The molecule has 1 heterocycles. The van der Waals surface area contributed by atoms with Gasteiger partial charge in [0.2, 0.25) is 0 Å². The van der Waals surface area contributed by atoms with Crippen molar-refractivity contribution in [2.45, 2.75) is 0 Å². The number of rotatable bonds is 0. The SMILES string of the molecule is Fc1ccc2nccc(Br)c2c1. The van der Waals surface area contributed by atoms with E-state index in [4.69, 9.17) is 0 Å². The fourth-order valence-corrected chi connectivity index (χ4v) is 1.52. The van der Waals surface area contributed by atoms with Crippen LogP contribution in [0.25, 0.3) is 10.9 Å². The van der Waals surface area contributed by atoms with Gasteiger partial charge in [0.1, 0.15) is 5.82 Å². The third kappa shape index (κ3) is 1.20. The van der Waals surface area contributed by atoms with Gasteiger partial charge in [-0.25, -0.2) is 4.39 Å².